The molecule has 0 bridgehead atoms. The first kappa shape index (κ1) is 17.8. The van der Waals surface area contributed by atoms with Crippen LogP contribution in [0.25, 0.3) is 0 Å². The van der Waals surface area contributed by atoms with Gasteiger partial charge in [-0.05, 0) is 6.07 Å². The third kappa shape index (κ3) is 4.24. The van der Waals surface area contributed by atoms with E-state index in [1.165, 1.54) is 14.1 Å². The topological polar surface area (TPSA) is 104 Å². The maximum atomic E-state index is 12.5. The molecule has 1 amide bonds. The van der Waals surface area contributed by atoms with E-state index in [1.807, 2.05) is 0 Å². The molecule has 8 nitrogen and oxygen atoms in total. The highest BCUT2D eigenvalue weighted by molar-refractivity contribution is 7.89. The third-order valence-electron chi connectivity index (χ3n) is 3.56. The molecule has 2 heterocycles. The van der Waals surface area contributed by atoms with E-state index in [-0.39, 0.29) is 24.7 Å². The molecule has 0 saturated carbocycles. The molecule has 11 heteroatoms. The minimum Gasteiger partial charge on any atom is -0.379 e. The van der Waals surface area contributed by atoms with Crippen molar-refractivity contribution in [2.24, 2.45) is 5.92 Å². The van der Waals surface area contributed by atoms with Gasteiger partial charge in [-0.1, -0.05) is 0 Å². The number of aromatic amines is 1. The van der Waals surface area contributed by atoms with Gasteiger partial charge in [0.05, 0.1) is 25.0 Å². The van der Waals surface area contributed by atoms with Crippen molar-refractivity contribution in [3.63, 3.8) is 0 Å². The number of sulfonamides is 1. The summed E-state index contributed by atoms with van der Waals surface area (Å²) in [6, 6.07) is 0.436. The lowest BCUT2D eigenvalue weighted by molar-refractivity contribution is 0.0921. The summed E-state index contributed by atoms with van der Waals surface area (Å²) in [6.45, 7) is 0.354. The third-order valence-corrected chi connectivity index (χ3v) is 5.52. The van der Waals surface area contributed by atoms with E-state index in [1.54, 1.807) is 0 Å². The number of aromatic nitrogens is 2. The molecule has 0 aliphatic carbocycles. The van der Waals surface area contributed by atoms with E-state index in [0.717, 1.165) is 10.4 Å². The highest BCUT2D eigenvalue weighted by Gasteiger charge is 2.34. The minimum atomic E-state index is -3.44. The number of nitrogens with one attached hydrogen (secondary N) is 2. The number of rotatable bonds is 6. The molecule has 2 N–H and O–H groups in total. The lowest BCUT2D eigenvalue weighted by Crippen LogP contribution is -2.43. The first-order valence-corrected chi connectivity index (χ1v) is 8.44. The number of halogens is 2. The van der Waals surface area contributed by atoms with E-state index in [4.69, 9.17) is 4.74 Å². The maximum Gasteiger partial charge on any atom is 0.279 e. The monoisotopic (exact) mass is 352 g/mol. The van der Waals surface area contributed by atoms with Gasteiger partial charge in [0.2, 0.25) is 10.0 Å². The van der Waals surface area contributed by atoms with Crippen molar-refractivity contribution >= 4 is 15.9 Å². The lowest BCUT2D eigenvalue weighted by atomic mass is 10.1. The van der Waals surface area contributed by atoms with Crippen molar-refractivity contribution < 1.29 is 26.7 Å². The number of alkyl halides is 2. The molecule has 0 radical (unpaired) electrons. The summed E-state index contributed by atoms with van der Waals surface area (Å²) < 4.78 is 55.1. The van der Waals surface area contributed by atoms with Gasteiger partial charge in [-0.15, -0.1) is 0 Å². The summed E-state index contributed by atoms with van der Waals surface area (Å²) in [4.78, 5) is 12.0. The molecule has 2 rings (SSSR count). The molecule has 0 unspecified atom stereocenters. The number of carbonyl (C=O) groups excluding carboxylic acids is 1. The molecule has 130 valence electrons. The Morgan fingerprint density at radius 1 is 1.52 bits per heavy atom. The molecule has 0 spiro atoms. The number of carbonyl (C=O) groups is 1. The maximum absolute atomic E-state index is 12.5. The van der Waals surface area contributed by atoms with Crippen LogP contribution in [0.3, 0.4) is 0 Å². The van der Waals surface area contributed by atoms with Gasteiger partial charge in [-0.2, -0.15) is 5.10 Å². The van der Waals surface area contributed by atoms with E-state index in [0.29, 0.717) is 0 Å². The Kier molecular flexibility index (Phi) is 5.32. The number of hydrogen-bond donors (Lipinski definition) is 2. The van der Waals surface area contributed by atoms with Crippen LogP contribution in [0.5, 0.6) is 0 Å². The highest BCUT2D eigenvalue weighted by Crippen LogP contribution is 2.19. The summed E-state index contributed by atoms with van der Waals surface area (Å²) in [5, 5.41) is 8.19. The molecule has 1 saturated heterocycles. The smallest absolute Gasteiger partial charge is 0.279 e. The Labute approximate surface area is 132 Å². The van der Waals surface area contributed by atoms with Crippen molar-refractivity contribution in [1.82, 2.24) is 19.8 Å². The fourth-order valence-corrected chi connectivity index (χ4v) is 3.32. The average molecular weight is 352 g/mol. The zero-order valence-corrected chi connectivity index (χ0v) is 13.4. The Bertz CT molecular complexity index is 662. The van der Waals surface area contributed by atoms with Crippen LogP contribution < -0.4 is 5.32 Å². The number of amides is 1. The number of hydrogen-bond acceptors (Lipinski definition) is 5. The molecule has 1 aliphatic heterocycles. The predicted octanol–water partition coefficient (Wildman–Crippen LogP) is -0.0165. The second-order valence-corrected chi connectivity index (χ2v) is 7.68. The molecule has 1 aromatic rings. The molecule has 1 aliphatic rings. The largest absolute Gasteiger partial charge is 0.379 e. The van der Waals surface area contributed by atoms with Crippen molar-refractivity contribution in [2.45, 2.75) is 12.5 Å². The van der Waals surface area contributed by atoms with E-state index >= 15 is 0 Å². The Hall–Kier alpha value is -1.59. The molecule has 1 fully saturated rings. The average Bonchev–Trinajstić information content (AvgIpc) is 3.08. The summed E-state index contributed by atoms with van der Waals surface area (Å²) in [6.07, 6.45) is -2.75. The van der Waals surface area contributed by atoms with Crippen LogP contribution >= 0.6 is 0 Å². The van der Waals surface area contributed by atoms with Crippen LogP contribution in [0.1, 0.15) is 22.6 Å². The molecule has 23 heavy (non-hydrogen) atoms. The van der Waals surface area contributed by atoms with E-state index in [9.17, 15) is 22.0 Å². The number of H-pyrrole nitrogens is 1. The second kappa shape index (κ2) is 6.89. The first-order chi connectivity index (χ1) is 10.7. The first-order valence-electron chi connectivity index (χ1n) is 6.83. The van der Waals surface area contributed by atoms with Crippen LogP contribution in [0.15, 0.2) is 6.07 Å². The summed E-state index contributed by atoms with van der Waals surface area (Å²) in [7, 11) is -0.591. The van der Waals surface area contributed by atoms with Gasteiger partial charge in [-0.25, -0.2) is 21.5 Å². The Morgan fingerprint density at radius 3 is 2.78 bits per heavy atom. The molecule has 1 aromatic heterocycles. The van der Waals surface area contributed by atoms with Crippen LogP contribution in [0.4, 0.5) is 8.78 Å². The van der Waals surface area contributed by atoms with Gasteiger partial charge in [-0.3, -0.25) is 9.89 Å². The fraction of sp³-hybridized carbons (Fsp3) is 0.667. The van der Waals surface area contributed by atoms with Gasteiger partial charge in [0.1, 0.15) is 11.4 Å². The van der Waals surface area contributed by atoms with Crippen molar-refractivity contribution in [2.75, 3.05) is 33.1 Å². The molecule has 2 atom stereocenters. The van der Waals surface area contributed by atoms with Gasteiger partial charge in [0.15, 0.2) is 0 Å². The summed E-state index contributed by atoms with van der Waals surface area (Å²) in [5.41, 5.74) is -0.633. The quantitative estimate of drug-likeness (QED) is 0.749. The summed E-state index contributed by atoms with van der Waals surface area (Å²) >= 11 is 0. The molecular formula is C12H18F2N4O4S. The lowest BCUT2D eigenvalue weighted by Gasteiger charge is -2.20. The van der Waals surface area contributed by atoms with Gasteiger partial charge in [0.25, 0.3) is 12.3 Å². The molecule has 0 aromatic carbocycles. The Morgan fingerprint density at radius 2 is 2.22 bits per heavy atom. The fourth-order valence-electron chi connectivity index (χ4n) is 2.15. The zero-order chi connectivity index (χ0) is 17.2. The Balaban J connectivity index is 2.01. The highest BCUT2D eigenvalue weighted by atomic mass is 32.2. The van der Waals surface area contributed by atoms with Crippen LogP contribution in [-0.4, -0.2) is 67.9 Å². The summed E-state index contributed by atoms with van der Waals surface area (Å²) in [5.74, 6) is -1.25. The van der Waals surface area contributed by atoms with Gasteiger partial charge >= 0.3 is 0 Å². The number of ether oxygens (including phenoxy) is 1. The predicted molar refractivity (Wildman–Crippen MR) is 76.6 cm³/mol. The molecular weight excluding hydrogens is 334 g/mol. The van der Waals surface area contributed by atoms with Crippen LogP contribution in [0, 0.1) is 5.92 Å². The van der Waals surface area contributed by atoms with Crippen LogP contribution in [-0.2, 0) is 14.8 Å². The minimum absolute atomic E-state index is 0.158. The SMILES string of the molecule is CN(C)S(=O)(=O)C[C@@H]1COC[C@@H]1NC(=O)c1cc(C(F)F)[nH]n1. The van der Waals surface area contributed by atoms with Gasteiger partial charge in [0, 0.05) is 20.0 Å². The van der Waals surface area contributed by atoms with E-state index < -0.39 is 40.0 Å². The van der Waals surface area contributed by atoms with E-state index in [2.05, 4.69) is 15.5 Å². The van der Waals surface area contributed by atoms with Crippen molar-refractivity contribution in [1.29, 1.82) is 0 Å². The number of nitrogens with zero attached hydrogens (tertiary/aromatic N) is 2. The van der Waals surface area contributed by atoms with Crippen LogP contribution in [0.2, 0.25) is 0 Å². The van der Waals surface area contributed by atoms with Crippen molar-refractivity contribution in [3.05, 3.63) is 17.5 Å². The second-order valence-electron chi connectivity index (χ2n) is 5.45. The zero-order valence-electron chi connectivity index (χ0n) is 12.6. The standard InChI is InChI=1S/C12H18F2N4O4S/c1-18(2)23(20,21)6-7-4-22-5-10(7)15-12(19)9-3-8(11(13)14)16-17-9/h3,7,10-11H,4-6H2,1-2H3,(H,15,19)(H,16,17)/t7-,10-/m0/s1. The van der Waals surface area contributed by atoms with Crippen molar-refractivity contribution in [3.8, 4) is 0 Å². The normalized spacial score (nSPS) is 22.0. The van der Waals surface area contributed by atoms with Gasteiger partial charge < -0.3 is 10.1 Å².